The summed E-state index contributed by atoms with van der Waals surface area (Å²) in [5.74, 6) is 1.78. The van der Waals surface area contributed by atoms with Gasteiger partial charge in [-0.2, -0.15) is 15.9 Å². The van der Waals surface area contributed by atoms with E-state index in [2.05, 4.69) is 20.2 Å². The van der Waals surface area contributed by atoms with Crippen LogP contribution in [0.4, 0.5) is 5.82 Å². The molecule has 1 aliphatic rings. The maximum Gasteiger partial charge on any atom is 0.254 e. The molecule has 0 unspecified atom stereocenters. The summed E-state index contributed by atoms with van der Waals surface area (Å²) in [4.78, 5) is 16.5. The Morgan fingerprint density at radius 2 is 1.96 bits per heavy atom. The fourth-order valence-electron chi connectivity index (χ4n) is 2.76. The van der Waals surface area contributed by atoms with Crippen LogP contribution < -0.4 is 4.90 Å². The molecule has 1 saturated heterocycles. The Kier molecular flexibility index (Phi) is 3.45. The molecule has 4 heterocycles. The highest BCUT2D eigenvalue weighted by Crippen LogP contribution is 2.17. The van der Waals surface area contributed by atoms with Crippen molar-refractivity contribution >= 4 is 28.7 Å². The van der Waals surface area contributed by atoms with Crippen LogP contribution in [0.2, 0.25) is 0 Å². The van der Waals surface area contributed by atoms with E-state index in [0.29, 0.717) is 13.1 Å². The Balaban J connectivity index is 1.48. The smallest absolute Gasteiger partial charge is 0.254 e. The van der Waals surface area contributed by atoms with Gasteiger partial charge in [-0.3, -0.25) is 4.79 Å². The van der Waals surface area contributed by atoms with Crippen molar-refractivity contribution in [2.75, 3.05) is 31.1 Å². The standard InChI is InChI=1S/C15H16N6OS/c1-11-16-17-13-2-3-14(18-21(11)13)19-5-7-20(8-6-19)15(22)12-4-9-23-10-12/h2-4,9-10H,5-8H2,1H3. The summed E-state index contributed by atoms with van der Waals surface area (Å²) in [5.41, 5.74) is 1.53. The number of nitrogens with zero attached hydrogens (tertiary/aromatic N) is 6. The van der Waals surface area contributed by atoms with Crippen LogP contribution in [-0.2, 0) is 0 Å². The highest BCUT2D eigenvalue weighted by molar-refractivity contribution is 7.08. The predicted octanol–water partition coefficient (Wildman–Crippen LogP) is 1.46. The van der Waals surface area contributed by atoms with Crippen molar-refractivity contribution in [2.24, 2.45) is 0 Å². The molecule has 0 spiro atoms. The number of thiophene rings is 1. The highest BCUT2D eigenvalue weighted by Gasteiger charge is 2.23. The maximum atomic E-state index is 12.4. The number of amides is 1. The molecule has 1 fully saturated rings. The topological polar surface area (TPSA) is 66.6 Å². The van der Waals surface area contributed by atoms with Crippen molar-refractivity contribution in [3.05, 3.63) is 40.3 Å². The first-order chi connectivity index (χ1) is 11.2. The van der Waals surface area contributed by atoms with Gasteiger partial charge in [0.25, 0.3) is 5.91 Å². The zero-order chi connectivity index (χ0) is 15.8. The minimum Gasteiger partial charge on any atom is -0.352 e. The van der Waals surface area contributed by atoms with Gasteiger partial charge in [-0.15, -0.1) is 15.3 Å². The van der Waals surface area contributed by atoms with E-state index in [4.69, 9.17) is 0 Å². The van der Waals surface area contributed by atoms with E-state index in [1.165, 1.54) is 0 Å². The Bertz CT molecular complexity index is 835. The normalized spacial score (nSPS) is 15.3. The van der Waals surface area contributed by atoms with Gasteiger partial charge in [-0.05, 0) is 30.5 Å². The van der Waals surface area contributed by atoms with E-state index < -0.39 is 0 Å². The molecular weight excluding hydrogens is 312 g/mol. The molecule has 0 N–H and O–H groups in total. The van der Waals surface area contributed by atoms with Crippen molar-refractivity contribution in [3.8, 4) is 0 Å². The summed E-state index contributed by atoms with van der Waals surface area (Å²) < 4.78 is 1.75. The molecule has 7 nitrogen and oxygen atoms in total. The zero-order valence-electron chi connectivity index (χ0n) is 12.7. The molecule has 0 atom stereocenters. The third-order valence-electron chi connectivity index (χ3n) is 4.06. The molecule has 4 rings (SSSR count). The Hall–Kier alpha value is -2.48. The van der Waals surface area contributed by atoms with Gasteiger partial charge in [0, 0.05) is 31.6 Å². The van der Waals surface area contributed by atoms with Crippen molar-refractivity contribution < 1.29 is 4.79 Å². The number of hydrogen-bond acceptors (Lipinski definition) is 6. The van der Waals surface area contributed by atoms with Gasteiger partial charge in [-0.25, -0.2) is 0 Å². The van der Waals surface area contributed by atoms with Crippen LogP contribution in [0.3, 0.4) is 0 Å². The Morgan fingerprint density at radius 3 is 2.70 bits per heavy atom. The first kappa shape index (κ1) is 14.1. The third kappa shape index (κ3) is 2.55. The molecular formula is C15H16N6OS. The van der Waals surface area contributed by atoms with Gasteiger partial charge in [0.15, 0.2) is 11.5 Å². The lowest BCUT2D eigenvalue weighted by atomic mass is 10.2. The SMILES string of the molecule is Cc1nnc2ccc(N3CCN(C(=O)c4ccsc4)CC3)nn12. The Labute approximate surface area is 137 Å². The van der Waals surface area contributed by atoms with E-state index in [0.717, 1.165) is 35.9 Å². The molecule has 1 amide bonds. The van der Waals surface area contributed by atoms with Crippen LogP contribution in [0.25, 0.3) is 5.65 Å². The van der Waals surface area contributed by atoms with E-state index in [-0.39, 0.29) is 5.91 Å². The van der Waals surface area contributed by atoms with Gasteiger partial charge < -0.3 is 9.80 Å². The van der Waals surface area contributed by atoms with Gasteiger partial charge >= 0.3 is 0 Å². The fourth-order valence-corrected chi connectivity index (χ4v) is 3.39. The summed E-state index contributed by atoms with van der Waals surface area (Å²) in [6, 6.07) is 5.76. The lowest BCUT2D eigenvalue weighted by molar-refractivity contribution is 0.0747. The summed E-state index contributed by atoms with van der Waals surface area (Å²) in [7, 11) is 0. The molecule has 8 heteroatoms. The van der Waals surface area contributed by atoms with Crippen molar-refractivity contribution in [3.63, 3.8) is 0 Å². The quantitative estimate of drug-likeness (QED) is 0.712. The number of fused-ring (bicyclic) bond motifs is 1. The largest absolute Gasteiger partial charge is 0.352 e. The van der Waals surface area contributed by atoms with Crippen LogP contribution in [0.15, 0.2) is 29.0 Å². The second-order valence-corrected chi connectivity index (χ2v) is 6.28. The second-order valence-electron chi connectivity index (χ2n) is 5.50. The number of rotatable bonds is 2. The molecule has 0 radical (unpaired) electrons. The molecule has 0 aromatic carbocycles. The lowest BCUT2D eigenvalue weighted by Crippen LogP contribution is -2.49. The molecule has 3 aromatic heterocycles. The lowest BCUT2D eigenvalue weighted by Gasteiger charge is -2.35. The monoisotopic (exact) mass is 328 g/mol. The zero-order valence-corrected chi connectivity index (χ0v) is 13.5. The summed E-state index contributed by atoms with van der Waals surface area (Å²) in [5, 5.41) is 16.5. The number of aromatic nitrogens is 4. The minimum atomic E-state index is 0.115. The maximum absolute atomic E-state index is 12.4. The van der Waals surface area contributed by atoms with Crippen LogP contribution >= 0.6 is 11.3 Å². The average Bonchev–Trinajstić information content (AvgIpc) is 3.25. The van der Waals surface area contributed by atoms with E-state index in [9.17, 15) is 4.79 Å². The molecule has 23 heavy (non-hydrogen) atoms. The third-order valence-corrected chi connectivity index (χ3v) is 4.75. The van der Waals surface area contributed by atoms with Crippen LogP contribution in [0.1, 0.15) is 16.2 Å². The van der Waals surface area contributed by atoms with Crippen molar-refractivity contribution in [1.82, 2.24) is 24.7 Å². The van der Waals surface area contributed by atoms with Crippen LogP contribution in [0.5, 0.6) is 0 Å². The first-order valence-corrected chi connectivity index (χ1v) is 8.42. The number of piperazine rings is 1. The highest BCUT2D eigenvalue weighted by atomic mass is 32.1. The number of carbonyl (C=O) groups excluding carboxylic acids is 1. The van der Waals surface area contributed by atoms with E-state index in [1.54, 1.807) is 15.9 Å². The fraction of sp³-hybridized carbons (Fsp3) is 0.333. The van der Waals surface area contributed by atoms with Crippen LogP contribution in [0, 0.1) is 6.92 Å². The van der Waals surface area contributed by atoms with E-state index >= 15 is 0 Å². The predicted molar refractivity (Wildman–Crippen MR) is 88.0 cm³/mol. The molecule has 0 saturated carbocycles. The van der Waals surface area contributed by atoms with Gasteiger partial charge in [0.2, 0.25) is 0 Å². The summed E-state index contributed by atoms with van der Waals surface area (Å²) in [6.45, 7) is 4.84. The minimum absolute atomic E-state index is 0.115. The number of carbonyl (C=O) groups is 1. The number of aryl methyl sites for hydroxylation is 1. The number of anilines is 1. The molecule has 0 bridgehead atoms. The van der Waals surface area contributed by atoms with E-state index in [1.807, 2.05) is 40.8 Å². The molecule has 1 aliphatic heterocycles. The van der Waals surface area contributed by atoms with Crippen molar-refractivity contribution in [2.45, 2.75) is 6.92 Å². The van der Waals surface area contributed by atoms with Crippen LogP contribution in [-0.4, -0.2) is 56.8 Å². The van der Waals surface area contributed by atoms with Crippen molar-refractivity contribution in [1.29, 1.82) is 0 Å². The molecule has 3 aromatic rings. The second kappa shape index (κ2) is 5.62. The average molecular weight is 328 g/mol. The Morgan fingerprint density at radius 1 is 1.13 bits per heavy atom. The summed E-state index contributed by atoms with van der Waals surface area (Å²) >= 11 is 1.55. The molecule has 118 valence electrons. The van der Waals surface area contributed by atoms with Gasteiger partial charge in [0.1, 0.15) is 5.82 Å². The molecule has 0 aliphatic carbocycles. The summed E-state index contributed by atoms with van der Waals surface area (Å²) in [6.07, 6.45) is 0. The first-order valence-electron chi connectivity index (χ1n) is 7.48. The van der Waals surface area contributed by atoms with Gasteiger partial charge in [0.05, 0.1) is 5.56 Å². The van der Waals surface area contributed by atoms with Gasteiger partial charge in [-0.1, -0.05) is 0 Å². The number of hydrogen-bond donors (Lipinski definition) is 0.